The van der Waals surface area contributed by atoms with Crippen LogP contribution in [0.1, 0.15) is 21.0 Å². The summed E-state index contributed by atoms with van der Waals surface area (Å²) in [6.45, 7) is 2.57. The van der Waals surface area contributed by atoms with E-state index in [1.54, 1.807) is 63.4 Å². The highest BCUT2D eigenvalue weighted by Gasteiger charge is 2.21. The number of rotatable bonds is 4. The zero-order chi connectivity index (χ0) is 28.5. The van der Waals surface area contributed by atoms with Gasteiger partial charge < -0.3 is 10.6 Å². The smallest absolute Gasteiger partial charge is 0.269 e. The molecule has 0 unspecified atom stereocenters. The lowest BCUT2D eigenvalue weighted by Gasteiger charge is -2.13. The van der Waals surface area contributed by atoms with E-state index in [-0.39, 0.29) is 11.8 Å². The molecule has 0 saturated carbocycles. The van der Waals surface area contributed by atoms with Crippen molar-refractivity contribution in [3.8, 4) is 34.2 Å². The Balaban J connectivity index is 0.000000137. The van der Waals surface area contributed by atoms with E-state index in [9.17, 15) is 9.59 Å². The Hall–Kier alpha value is -6.06. The number of amides is 2. The van der Waals surface area contributed by atoms with Gasteiger partial charge in [0.15, 0.2) is 11.6 Å². The minimum Gasteiger partial charge on any atom is -0.349 e. The van der Waals surface area contributed by atoms with Crippen molar-refractivity contribution in [1.82, 2.24) is 70.2 Å². The van der Waals surface area contributed by atoms with E-state index in [1.807, 2.05) is 24.3 Å². The quantitative estimate of drug-likeness (QED) is 0.308. The predicted octanol–water partition coefficient (Wildman–Crippen LogP) is 0.538. The normalized spacial score (nSPS) is 13.8. The molecule has 8 rings (SSSR count). The molecular weight excluding hydrogens is 540 g/mol. The van der Waals surface area contributed by atoms with Crippen LogP contribution in [0.2, 0.25) is 0 Å². The number of nitrogens with one attached hydrogen (secondary N) is 2. The van der Waals surface area contributed by atoms with E-state index < -0.39 is 0 Å². The molecule has 2 aliphatic rings. The van der Waals surface area contributed by atoms with Crippen molar-refractivity contribution in [1.29, 1.82) is 0 Å². The summed E-state index contributed by atoms with van der Waals surface area (Å²) >= 11 is 0. The molecule has 6 aromatic heterocycles. The van der Waals surface area contributed by atoms with Crippen LogP contribution < -0.4 is 10.6 Å². The molecule has 208 valence electrons. The fourth-order valence-electron chi connectivity index (χ4n) is 4.61. The van der Waals surface area contributed by atoms with Crippen LogP contribution >= 0.6 is 0 Å². The van der Waals surface area contributed by atoms with E-state index in [0.717, 1.165) is 22.5 Å². The van der Waals surface area contributed by atoms with Crippen molar-refractivity contribution < 1.29 is 9.59 Å². The summed E-state index contributed by atoms with van der Waals surface area (Å²) in [7, 11) is 0. The number of nitrogens with zero attached hydrogens (tertiary/aromatic N) is 12. The van der Waals surface area contributed by atoms with Gasteiger partial charge in [-0.15, -0.1) is 9.90 Å². The Morgan fingerprint density at radius 1 is 0.667 bits per heavy atom. The number of pyridine rings is 2. The van der Waals surface area contributed by atoms with Gasteiger partial charge in [-0.05, 0) is 36.4 Å². The molecular formula is C26H22N14O2. The Bertz CT molecular complexity index is 1750. The monoisotopic (exact) mass is 562 g/mol. The molecule has 0 atom stereocenters. The molecule has 0 bridgehead atoms. The minimum absolute atomic E-state index is 0.0921. The molecule has 0 saturated heterocycles. The largest absolute Gasteiger partial charge is 0.349 e. The van der Waals surface area contributed by atoms with Gasteiger partial charge in [0.1, 0.15) is 11.4 Å². The Morgan fingerprint density at radius 3 is 1.79 bits per heavy atom. The van der Waals surface area contributed by atoms with Crippen molar-refractivity contribution in [2.75, 3.05) is 13.1 Å². The van der Waals surface area contributed by atoms with E-state index >= 15 is 0 Å². The Kier molecular flexibility index (Phi) is 6.23. The van der Waals surface area contributed by atoms with Gasteiger partial charge in [0.25, 0.3) is 11.8 Å². The number of hydrogen-bond acceptors (Lipinski definition) is 10. The van der Waals surface area contributed by atoms with Gasteiger partial charge in [0.2, 0.25) is 0 Å². The lowest BCUT2D eigenvalue weighted by molar-refractivity contribution is 0.0916. The maximum absolute atomic E-state index is 11.8. The zero-order valence-corrected chi connectivity index (χ0v) is 21.9. The zero-order valence-electron chi connectivity index (χ0n) is 21.9. The van der Waals surface area contributed by atoms with Crippen molar-refractivity contribution in [3.63, 3.8) is 0 Å². The summed E-state index contributed by atoms with van der Waals surface area (Å²) in [5.41, 5.74) is 4.38. The average Bonchev–Trinajstić information content (AvgIpc) is 3.85. The highest BCUT2D eigenvalue weighted by molar-refractivity contribution is 5.94. The van der Waals surface area contributed by atoms with Gasteiger partial charge in [0.05, 0.1) is 49.3 Å². The molecule has 0 aliphatic carbocycles. The van der Waals surface area contributed by atoms with Gasteiger partial charge in [-0.1, -0.05) is 5.21 Å². The first-order valence-corrected chi connectivity index (χ1v) is 13.0. The maximum Gasteiger partial charge on any atom is 0.269 e. The summed E-state index contributed by atoms with van der Waals surface area (Å²) in [4.78, 5) is 33.5. The van der Waals surface area contributed by atoms with Gasteiger partial charge in [0, 0.05) is 36.6 Å². The van der Waals surface area contributed by atoms with E-state index in [4.69, 9.17) is 0 Å². The van der Waals surface area contributed by atoms with Crippen LogP contribution in [-0.2, 0) is 13.1 Å². The van der Waals surface area contributed by atoms with Gasteiger partial charge in [-0.2, -0.15) is 20.4 Å². The van der Waals surface area contributed by atoms with Crippen LogP contribution in [-0.4, -0.2) is 84.4 Å². The van der Waals surface area contributed by atoms with Crippen LogP contribution in [0.3, 0.4) is 0 Å². The molecule has 2 aliphatic heterocycles. The summed E-state index contributed by atoms with van der Waals surface area (Å²) in [5, 5.41) is 30.3. The third kappa shape index (κ3) is 4.76. The summed E-state index contributed by atoms with van der Waals surface area (Å²) < 4.78 is 5.02. The lowest BCUT2D eigenvalue weighted by Crippen LogP contribution is -2.35. The van der Waals surface area contributed by atoms with E-state index in [0.29, 0.717) is 49.2 Å². The first-order valence-electron chi connectivity index (χ1n) is 13.0. The topological polar surface area (TPSA) is 181 Å². The van der Waals surface area contributed by atoms with Crippen molar-refractivity contribution in [2.45, 2.75) is 13.1 Å². The third-order valence-corrected chi connectivity index (χ3v) is 6.61. The van der Waals surface area contributed by atoms with Crippen LogP contribution in [0.15, 0.2) is 73.6 Å². The molecule has 2 N–H and O–H groups in total. The Labute approximate surface area is 237 Å². The first kappa shape index (κ1) is 24.9. The summed E-state index contributed by atoms with van der Waals surface area (Å²) in [6.07, 6.45) is 9.85. The van der Waals surface area contributed by atoms with Crippen LogP contribution in [0.5, 0.6) is 0 Å². The molecule has 0 radical (unpaired) electrons. The molecule has 16 heteroatoms. The molecule has 6 aromatic rings. The van der Waals surface area contributed by atoms with Gasteiger partial charge in [-0.3, -0.25) is 19.0 Å². The molecule has 16 nitrogen and oxygen atoms in total. The predicted molar refractivity (Wildman–Crippen MR) is 145 cm³/mol. The van der Waals surface area contributed by atoms with Gasteiger partial charge in [-0.25, -0.2) is 14.6 Å². The van der Waals surface area contributed by atoms with Crippen LogP contribution in [0.25, 0.3) is 34.2 Å². The number of carbonyl (C=O) groups excluding carboxylic acids is 2. The van der Waals surface area contributed by atoms with Crippen LogP contribution in [0.4, 0.5) is 0 Å². The van der Waals surface area contributed by atoms with E-state index in [1.165, 1.54) is 4.80 Å². The van der Waals surface area contributed by atoms with Crippen molar-refractivity contribution in [3.05, 3.63) is 85.0 Å². The SMILES string of the molecule is O=C1NCCn2nc(-c3ccnc(-n4ccnn4)c3)cc21.O=C1NCCn2nc(-c3ccnc(-n4nccn4)c3)cc21. The standard InChI is InChI=1S/2C13H11N7O/c21-13-11-8-10(17-19(11)5-3-15-13)9-1-2-14-12(7-9)20-6-4-16-18-20;21-13-11-8-10(18-19(11)6-5-15-13)9-1-2-14-12(7-9)20-16-3-4-17-20/h1-2,4,6-8H,3,5H2,(H,15,21);1-4,7-8H,5-6H2,(H,15,21). The average molecular weight is 563 g/mol. The summed E-state index contributed by atoms with van der Waals surface area (Å²) in [6, 6.07) is 11.0. The second-order valence-electron chi connectivity index (χ2n) is 9.26. The highest BCUT2D eigenvalue weighted by Crippen LogP contribution is 2.22. The highest BCUT2D eigenvalue weighted by atomic mass is 16.2. The Morgan fingerprint density at radius 2 is 1.24 bits per heavy atom. The van der Waals surface area contributed by atoms with E-state index in [2.05, 4.69) is 51.3 Å². The second kappa shape index (κ2) is 10.5. The maximum atomic E-state index is 11.8. The van der Waals surface area contributed by atoms with Crippen molar-refractivity contribution >= 4 is 11.8 Å². The van der Waals surface area contributed by atoms with Crippen LogP contribution in [0, 0.1) is 0 Å². The number of fused-ring (bicyclic) bond motifs is 2. The molecule has 8 heterocycles. The third-order valence-electron chi connectivity index (χ3n) is 6.61. The molecule has 0 spiro atoms. The number of carbonyl (C=O) groups is 2. The fourth-order valence-corrected chi connectivity index (χ4v) is 4.61. The molecule has 42 heavy (non-hydrogen) atoms. The second-order valence-corrected chi connectivity index (χ2v) is 9.26. The summed E-state index contributed by atoms with van der Waals surface area (Å²) in [5.74, 6) is 1.07. The lowest BCUT2D eigenvalue weighted by atomic mass is 10.2. The first-order chi connectivity index (χ1) is 20.6. The van der Waals surface area contributed by atoms with Gasteiger partial charge >= 0.3 is 0 Å². The fraction of sp³-hybridized carbons (Fsp3) is 0.154. The van der Waals surface area contributed by atoms with Crippen molar-refractivity contribution in [2.24, 2.45) is 0 Å². The number of aromatic nitrogens is 12. The minimum atomic E-state index is -0.0944. The molecule has 0 aromatic carbocycles. The molecule has 2 amide bonds. The number of hydrogen-bond donors (Lipinski definition) is 2. The molecule has 0 fully saturated rings.